The van der Waals surface area contributed by atoms with E-state index in [0.717, 1.165) is 0 Å². The maximum atomic E-state index is 13.5. The molecule has 0 unspecified atom stereocenters. The Morgan fingerprint density at radius 3 is 2.79 bits per heavy atom. The Morgan fingerprint density at radius 2 is 2.16 bits per heavy atom. The molecule has 0 aliphatic carbocycles. The van der Waals surface area contributed by atoms with Gasteiger partial charge >= 0.3 is 0 Å². The van der Waals surface area contributed by atoms with Crippen LogP contribution in [0.2, 0.25) is 0 Å². The lowest BCUT2D eigenvalue weighted by Crippen LogP contribution is -2.30. The third kappa shape index (κ3) is 3.31. The highest BCUT2D eigenvalue weighted by molar-refractivity contribution is 5.75. The lowest BCUT2D eigenvalue weighted by Gasteiger charge is -2.17. The Morgan fingerprint density at radius 1 is 1.42 bits per heavy atom. The van der Waals surface area contributed by atoms with Crippen LogP contribution >= 0.6 is 0 Å². The molecule has 2 N–H and O–H groups in total. The predicted molar refractivity (Wildman–Crippen MR) is 69.5 cm³/mol. The lowest BCUT2D eigenvalue weighted by atomic mass is 10.2. The molecular weight excluding hydrogens is 247 g/mol. The standard InChI is InChI=1S/C13H15FN4O/c1-17(8-10-4-2-3-5-11(10)14)13(19)9-18-7-6-12(15)16-18/h2-7H,8-9H2,1H3,(H2,15,16). The number of hydrogen-bond acceptors (Lipinski definition) is 3. The number of aromatic nitrogens is 2. The first kappa shape index (κ1) is 13.1. The van der Waals surface area contributed by atoms with Crippen molar-refractivity contribution in [3.05, 3.63) is 47.9 Å². The van der Waals surface area contributed by atoms with Crippen molar-refractivity contribution in [2.75, 3.05) is 12.8 Å². The first-order chi connectivity index (χ1) is 9.06. The number of benzene rings is 1. The maximum Gasteiger partial charge on any atom is 0.244 e. The van der Waals surface area contributed by atoms with E-state index in [1.165, 1.54) is 15.6 Å². The molecule has 0 radical (unpaired) electrons. The topological polar surface area (TPSA) is 64.2 Å². The van der Waals surface area contributed by atoms with Crippen molar-refractivity contribution >= 4 is 11.7 Å². The van der Waals surface area contributed by atoms with Gasteiger partial charge < -0.3 is 10.6 Å². The number of anilines is 1. The van der Waals surface area contributed by atoms with Crippen molar-refractivity contribution < 1.29 is 9.18 Å². The van der Waals surface area contributed by atoms with Crippen molar-refractivity contribution in [2.45, 2.75) is 13.1 Å². The van der Waals surface area contributed by atoms with Crippen LogP contribution in [0.3, 0.4) is 0 Å². The second-order valence-electron chi connectivity index (χ2n) is 4.28. The number of halogens is 1. The van der Waals surface area contributed by atoms with Crippen LogP contribution in [0.4, 0.5) is 10.2 Å². The third-order valence-electron chi connectivity index (χ3n) is 2.75. The van der Waals surface area contributed by atoms with Crippen LogP contribution in [0.25, 0.3) is 0 Å². The summed E-state index contributed by atoms with van der Waals surface area (Å²) in [5, 5.41) is 3.93. The third-order valence-corrected chi connectivity index (χ3v) is 2.75. The predicted octanol–water partition coefficient (Wildman–Crippen LogP) is 1.26. The number of rotatable bonds is 4. The Balaban J connectivity index is 1.98. The normalized spacial score (nSPS) is 10.4. The smallest absolute Gasteiger partial charge is 0.244 e. The van der Waals surface area contributed by atoms with E-state index in [0.29, 0.717) is 11.4 Å². The molecule has 2 aromatic rings. The van der Waals surface area contributed by atoms with Crippen LogP contribution in [0.1, 0.15) is 5.56 Å². The first-order valence-corrected chi connectivity index (χ1v) is 5.82. The van der Waals surface area contributed by atoms with Crippen LogP contribution < -0.4 is 5.73 Å². The minimum Gasteiger partial charge on any atom is -0.382 e. The minimum absolute atomic E-state index is 0.0855. The van der Waals surface area contributed by atoms with Gasteiger partial charge in [-0.05, 0) is 12.1 Å². The fraction of sp³-hybridized carbons (Fsp3) is 0.231. The molecule has 1 heterocycles. The van der Waals surface area contributed by atoms with Crippen LogP contribution in [-0.2, 0) is 17.9 Å². The number of nitrogens with two attached hydrogens (primary N) is 1. The number of hydrogen-bond donors (Lipinski definition) is 1. The Labute approximate surface area is 110 Å². The second kappa shape index (κ2) is 5.51. The quantitative estimate of drug-likeness (QED) is 0.902. The Hall–Kier alpha value is -2.37. The van der Waals surface area contributed by atoms with Gasteiger partial charge in [-0.1, -0.05) is 18.2 Å². The molecule has 2 rings (SSSR count). The van der Waals surface area contributed by atoms with E-state index in [-0.39, 0.29) is 24.8 Å². The van der Waals surface area contributed by atoms with E-state index < -0.39 is 0 Å². The van der Waals surface area contributed by atoms with Gasteiger partial charge in [0.05, 0.1) is 0 Å². The number of amides is 1. The van der Waals surface area contributed by atoms with E-state index in [4.69, 9.17) is 5.73 Å². The summed E-state index contributed by atoms with van der Waals surface area (Å²) in [6.07, 6.45) is 1.63. The first-order valence-electron chi connectivity index (χ1n) is 5.82. The highest BCUT2D eigenvalue weighted by Gasteiger charge is 2.12. The lowest BCUT2D eigenvalue weighted by molar-refractivity contribution is -0.131. The molecule has 5 nitrogen and oxygen atoms in total. The van der Waals surface area contributed by atoms with E-state index >= 15 is 0 Å². The van der Waals surface area contributed by atoms with E-state index in [1.807, 2.05) is 0 Å². The summed E-state index contributed by atoms with van der Waals surface area (Å²) in [6, 6.07) is 8.01. The van der Waals surface area contributed by atoms with Crippen LogP contribution in [0, 0.1) is 5.82 Å². The molecule has 0 fully saturated rings. The summed E-state index contributed by atoms with van der Waals surface area (Å²) in [5.41, 5.74) is 5.95. The van der Waals surface area contributed by atoms with Crippen molar-refractivity contribution in [1.82, 2.24) is 14.7 Å². The van der Waals surface area contributed by atoms with Crippen molar-refractivity contribution in [2.24, 2.45) is 0 Å². The van der Waals surface area contributed by atoms with E-state index in [1.54, 1.807) is 37.5 Å². The Kier molecular flexibility index (Phi) is 3.79. The molecule has 0 spiro atoms. The monoisotopic (exact) mass is 262 g/mol. The fourth-order valence-electron chi connectivity index (χ4n) is 1.70. The molecule has 1 aromatic carbocycles. The highest BCUT2D eigenvalue weighted by atomic mass is 19.1. The van der Waals surface area contributed by atoms with Gasteiger partial charge in [-0.3, -0.25) is 9.48 Å². The molecule has 1 aromatic heterocycles. The molecule has 0 bridgehead atoms. The van der Waals surface area contributed by atoms with Gasteiger partial charge in [0.25, 0.3) is 0 Å². The second-order valence-corrected chi connectivity index (χ2v) is 4.28. The van der Waals surface area contributed by atoms with Gasteiger partial charge in [-0.25, -0.2) is 4.39 Å². The van der Waals surface area contributed by atoms with Gasteiger partial charge in [0, 0.05) is 25.4 Å². The fourth-order valence-corrected chi connectivity index (χ4v) is 1.70. The molecule has 6 heteroatoms. The van der Waals surface area contributed by atoms with Gasteiger partial charge in [0.2, 0.25) is 5.91 Å². The molecule has 1 amide bonds. The van der Waals surface area contributed by atoms with E-state index in [2.05, 4.69) is 5.10 Å². The largest absolute Gasteiger partial charge is 0.382 e. The van der Waals surface area contributed by atoms with Crippen LogP contribution in [0.15, 0.2) is 36.5 Å². The van der Waals surface area contributed by atoms with Gasteiger partial charge in [-0.15, -0.1) is 0 Å². The number of nitrogen functional groups attached to an aromatic ring is 1. The summed E-state index contributed by atoms with van der Waals surface area (Å²) in [5.74, 6) is -0.110. The SMILES string of the molecule is CN(Cc1ccccc1F)C(=O)Cn1ccc(N)n1. The Bertz CT molecular complexity index is 582. The molecule has 100 valence electrons. The average molecular weight is 262 g/mol. The summed E-state index contributed by atoms with van der Waals surface area (Å²) in [4.78, 5) is 13.4. The summed E-state index contributed by atoms with van der Waals surface area (Å²) < 4.78 is 14.9. The molecule has 0 aliphatic heterocycles. The molecule has 0 saturated heterocycles. The maximum absolute atomic E-state index is 13.5. The average Bonchev–Trinajstić information content (AvgIpc) is 2.77. The molecule has 0 saturated carbocycles. The number of nitrogens with zero attached hydrogens (tertiary/aromatic N) is 3. The van der Waals surface area contributed by atoms with Crippen molar-refractivity contribution in [1.29, 1.82) is 0 Å². The van der Waals surface area contributed by atoms with Gasteiger partial charge in [0.15, 0.2) is 0 Å². The van der Waals surface area contributed by atoms with Gasteiger partial charge in [0.1, 0.15) is 18.2 Å². The van der Waals surface area contributed by atoms with Crippen molar-refractivity contribution in [3.8, 4) is 0 Å². The van der Waals surface area contributed by atoms with E-state index in [9.17, 15) is 9.18 Å². The molecular formula is C13H15FN4O. The van der Waals surface area contributed by atoms with Crippen LogP contribution in [0.5, 0.6) is 0 Å². The van der Waals surface area contributed by atoms with Crippen molar-refractivity contribution in [3.63, 3.8) is 0 Å². The molecule has 0 atom stereocenters. The zero-order chi connectivity index (χ0) is 13.8. The zero-order valence-corrected chi connectivity index (χ0v) is 10.6. The number of likely N-dealkylation sites (N-methyl/N-ethyl adjacent to an activating group) is 1. The number of carbonyl (C=O) groups is 1. The summed E-state index contributed by atoms with van der Waals surface area (Å²) in [7, 11) is 1.63. The summed E-state index contributed by atoms with van der Waals surface area (Å²) >= 11 is 0. The highest BCUT2D eigenvalue weighted by Crippen LogP contribution is 2.09. The number of carbonyl (C=O) groups excluding carboxylic acids is 1. The summed E-state index contributed by atoms with van der Waals surface area (Å²) in [6.45, 7) is 0.310. The molecule has 19 heavy (non-hydrogen) atoms. The minimum atomic E-state index is -0.314. The van der Waals surface area contributed by atoms with Gasteiger partial charge in [-0.2, -0.15) is 5.10 Å². The molecule has 0 aliphatic rings. The van der Waals surface area contributed by atoms with Crippen LogP contribution in [-0.4, -0.2) is 27.6 Å². The zero-order valence-electron chi connectivity index (χ0n) is 10.6.